The summed E-state index contributed by atoms with van der Waals surface area (Å²) >= 11 is 0. The summed E-state index contributed by atoms with van der Waals surface area (Å²) in [7, 11) is 0. The van der Waals surface area contributed by atoms with Crippen LogP contribution >= 0.6 is 0 Å². The predicted molar refractivity (Wildman–Crippen MR) is 54.3 cm³/mol. The molecule has 88 valence electrons. The monoisotopic (exact) mass is 218 g/mol. The van der Waals surface area contributed by atoms with E-state index in [0.29, 0.717) is 0 Å². The van der Waals surface area contributed by atoms with Crippen molar-refractivity contribution < 1.29 is 19.1 Å². The van der Waals surface area contributed by atoms with Gasteiger partial charge in [0.2, 0.25) is 0 Å². The molecule has 0 fully saturated rings. The molecule has 0 bridgehead atoms. The standard InChI is InChI=1S/C9H18N2O4/c1-9(2,3)15-8(13)11-4-5-14-7(12)6-10/h4-6,10H2,1-3H3,(H,11,13). The Morgan fingerprint density at radius 2 is 1.93 bits per heavy atom. The van der Waals surface area contributed by atoms with E-state index >= 15 is 0 Å². The van der Waals surface area contributed by atoms with Gasteiger partial charge in [-0.1, -0.05) is 0 Å². The number of alkyl carbamates (subject to hydrolysis) is 1. The zero-order chi connectivity index (χ0) is 11.9. The highest BCUT2D eigenvalue weighted by molar-refractivity contribution is 5.71. The first kappa shape index (κ1) is 13.7. The number of nitrogens with two attached hydrogens (primary N) is 1. The van der Waals surface area contributed by atoms with Crippen LogP contribution in [0, 0.1) is 0 Å². The highest BCUT2D eigenvalue weighted by Crippen LogP contribution is 2.05. The third kappa shape index (κ3) is 9.01. The molecule has 6 nitrogen and oxygen atoms in total. The van der Waals surface area contributed by atoms with Crippen LogP contribution in [-0.4, -0.2) is 37.4 Å². The molecule has 6 heteroatoms. The van der Waals surface area contributed by atoms with Crippen molar-refractivity contribution in [2.45, 2.75) is 26.4 Å². The van der Waals surface area contributed by atoms with Crippen molar-refractivity contribution in [1.29, 1.82) is 0 Å². The van der Waals surface area contributed by atoms with Gasteiger partial charge in [-0.05, 0) is 20.8 Å². The second-order valence-corrected chi connectivity index (χ2v) is 3.85. The first-order valence-electron chi connectivity index (χ1n) is 4.67. The van der Waals surface area contributed by atoms with E-state index in [1.807, 2.05) is 0 Å². The van der Waals surface area contributed by atoms with Gasteiger partial charge in [-0.2, -0.15) is 0 Å². The lowest BCUT2D eigenvalue weighted by molar-refractivity contribution is -0.141. The van der Waals surface area contributed by atoms with Crippen molar-refractivity contribution in [3.8, 4) is 0 Å². The Balaban J connectivity index is 3.52. The van der Waals surface area contributed by atoms with Crippen LogP contribution in [0.4, 0.5) is 4.79 Å². The number of amides is 1. The molecular weight excluding hydrogens is 200 g/mol. The summed E-state index contributed by atoms with van der Waals surface area (Å²) in [6, 6.07) is 0. The molecular formula is C9H18N2O4. The van der Waals surface area contributed by atoms with Crippen LogP contribution in [0.5, 0.6) is 0 Å². The van der Waals surface area contributed by atoms with Gasteiger partial charge in [0.15, 0.2) is 0 Å². The summed E-state index contributed by atoms with van der Waals surface area (Å²) < 4.78 is 9.59. The number of hydrogen-bond donors (Lipinski definition) is 2. The second kappa shape index (κ2) is 6.23. The number of nitrogens with one attached hydrogen (secondary N) is 1. The zero-order valence-electron chi connectivity index (χ0n) is 9.33. The molecule has 0 unspecified atom stereocenters. The van der Waals surface area contributed by atoms with Crippen LogP contribution in [0.3, 0.4) is 0 Å². The third-order valence-electron chi connectivity index (χ3n) is 1.20. The minimum atomic E-state index is -0.536. The molecule has 0 aromatic rings. The molecule has 0 aliphatic rings. The Bertz CT molecular complexity index is 223. The Morgan fingerprint density at radius 3 is 2.40 bits per heavy atom. The van der Waals surface area contributed by atoms with Crippen molar-refractivity contribution in [3.63, 3.8) is 0 Å². The average molecular weight is 218 g/mol. The van der Waals surface area contributed by atoms with E-state index in [1.54, 1.807) is 20.8 Å². The number of hydrogen-bond acceptors (Lipinski definition) is 5. The Kier molecular flexibility index (Phi) is 5.69. The van der Waals surface area contributed by atoms with E-state index < -0.39 is 17.7 Å². The lowest BCUT2D eigenvalue weighted by atomic mass is 10.2. The van der Waals surface area contributed by atoms with E-state index in [9.17, 15) is 9.59 Å². The average Bonchev–Trinajstić information content (AvgIpc) is 2.09. The molecule has 3 N–H and O–H groups in total. The normalized spacial score (nSPS) is 10.7. The molecule has 0 radical (unpaired) electrons. The number of ether oxygens (including phenoxy) is 2. The number of esters is 1. The van der Waals surface area contributed by atoms with Crippen LogP contribution in [0.15, 0.2) is 0 Å². The van der Waals surface area contributed by atoms with E-state index in [2.05, 4.69) is 10.1 Å². The van der Waals surface area contributed by atoms with Gasteiger partial charge in [0.1, 0.15) is 12.2 Å². The van der Waals surface area contributed by atoms with E-state index in [-0.39, 0.29) is 19.7 Å². The van der Waals surface area contributed by atoms with Crippen LogP contribution in [-0.2, 0) is 14.3 Å². The quantitative estimate of drug-likeness (QED) is 0.512. The van der Waals surface area contributed by atoms with Crippen molar-refractivity contribution >= 4 is 12.1 Å². The maximum absolute atomic E-state index is 11.1. The SMILES string of the molecule is CC(C)(C)OC(=O)NCCOC(=O)CN. The zero-order valence-corrected chi connectivity index (χ0v) is 9.33. The minimum Gasteiger partial charge on any atom is -0.463 e. The van der Waals surface area contributed by atoms with Crippen LogP contribution < -0.4 is 11.1 Å². The first-order valence-corrected chi connectivity index (χ1v) is 4.67. The highest BCUT2D eigenvalue weighted by Gasteiger charge is 2.15. The van der Waals surface area contributed by atoms with Crippen molar-refractivity contribution in [2.75, 3.05) is 19.7 Å². The molecule has 0 rings (SSSR count). The molecule has 0 spiro atoms. The molecule has 0 aromatic carbocycles. The van der Waals surface area contributed by atoms with Crippen molar-refractivity contribution in [2.24, 2.45) is 5.73 Å². The largest absolute Gasteiger partial charge is 0.463 e. The van der Waals surface area contributed by atoms with Gasteiger partial charge in [0.25, 0.3) is 0 Å². The van der Waals surface area contributed by atoms with Gasteiger partial charge in [0.05, 0.1) is 13.1 Å². The summed E-state index contributed by atoms with van der Waals surface area (Å²) in [5, 5.41) is 2.44. The van der Waals surface area contributed by atoms with Gasteiger partial charge in [-0.3, -0.25) is 4.79 Å². The summed E-state index contributed by atoms with van der Waals surface area (Å²) in [5.41, 5.74) is 4.48. The Morgan fingerprint density at radius 1 is 1.33 bits per heavy atom. The molecule has 0 saturated heterocycles. The maximum Gasteiger partial charge on any atom is 0.407 e. The van der Waals surface area contributed by atoms with Gasteiger partial charge in [-0.25, -0.2) is 4.79 Å². The molecule has 0 atom stereocenters. The summed E-state index contributed by atoms with van der Waals surface area (Å²) in [5.74, 6) is -0.499. The van der Waals surface area contributed by atoms with Gasteiger partial charge >= 0.3 is 12.1 Å². The molecule has 0 aromatic heterocycles. The van der Waals surface area contributed by atoms with Crippen molar-refractivity contribution in [3.05, 3.63) is 0 Å². The number of carbonyl (C=O) groups is 2. The van der Waals surface area contributed by atoms with E-state index in [1.165, 1.54) is 0 Å². The fourth-order valence-electron chi connectivity index (χ4n) is 0.691. The van der Waals surface area contributed by atoms with Crippen molar-refractivity contribution in [1.82, 2.24) is 5.32 Å². The fourth-order valence-corrected chi connectivity index (χ4v) is 0.691. The van der Waals surface area contributed by atoms with Crippen LogP contribution in [0.25, 0.3) is 0 Å². The molecule has 1 amide bonds. The molecule has 0 aliphatic heterocycles. The fraction of sp³-hybridized carbons (Fsp3) is 0.778. The molecule has 0 saturated carbocycles. The van der Waals surface area contributed by atoms with Gasteiger partial charge in [-0.15, -0.1) is 0 Å². The number of carbonyl (C=O) groups excluding carboxylic acids is 2. The summed E-state index contributed by atoms with van der Waals surface area (Å²) in [6.45, 7) is 5.44. The van der Waals surface area contributed by atoms with Crippen LogP contribution in [0.2, 0.25) is 0 Å². The maximum atomic E-state index is 11.1. The predicted octanol–water partition coefficient (Wildman–Crippen LogP) is 0.0130. The molecule has 15 heavy (non-hydrogen) atoms. The van der Waals surface area contributed by atoms with Gasteiger partial charge in [0, 0.05) is 0 Å². The lowest BCUT2D eigenvalue weighted by Gasteiger charge is -2.19. The molecule has 0 heterocycles. The number of rotatable bonds is 4. The van der Waals surface area contributed by atoms with Gasteiger partial charge < -0.3 is 20.5 Å². The summed E-state index contributed by atoms with van der Waals surface area (Å²) in [4.78, 5) is 21.7. The van der Waals surface area contributed by atoms with E-state index in [4.69, 9.17) is 10.5 Å². The first-order chi connectivity index (χ1) is 6.85. The second-order valence-electron chi connectivity index (χ2n) is 3.85. The third-order valence-corrected chi connectivity index (χ3v) is 1.20. The summed E-state index contributed by atoms with van der Waals surface area (Å²) in [6.07, 6.45) is -0.536. The Labute approximate surface area is 89.1 Å². The van der Waals surface area contributed by atoms with Crippen LogP contribution in [0.1, 0.15) is 20.8 Å². The minimum absolute atomic E-state index is 0.0925. The Hall–Kier alpha value is -1.30. The smallest absolute Gasteiger partial charge is 0.407 e. The highest BCUT2D eigenvalue weighted by atomic mass is 16.6. The van der Waals surface area contributed by atoms with E-state index in [0.717, 1.165) is 0 Å². The lowest BCUT2D eigenvalue weighted by Crippen LogP contribution is -2.34. The molecule has 0 aliphatic carbocycles. The topological polar surface area (TPSA) is 90.6 Å².